The van der Waals surface area contributed by atoms with Crippen LogP contribution in [0.15, 0.2) is 91.0 Å². The largest absolute Gasteiger partial charge is 0.138 e. The fourth-order valence-corrected chi connectivity index (χ4v) is 6.06. The fraction of sp³-hybridized carbons (Fsp3) is 0.486. The Kier molecular flexibility index (Phi) is 14.0. The number of unbranched alkanes of at least 4 members (excludes halogenated alkanes) is 10. The van der Waals surface area contributed by atoms with Crippen LogP contribution in [-0.4, -0.2) is 6.16 Å². The lowest BCUT2D eigenvalue weighted by Crippen LogP contribution is -2.30. The van der Waals surface area contributed by atoms with E-state index in [-0.39, 0.29) is 5.41 Å². The molecule has 0 saturated heterocycles. The highest BCUT2D eigenvalue weighted by Crippen LogP contribution is 2.37. The summed E-state index contributed by atoms with van der Waals surface area (Å²) in [5.41, 5.74) is 4.67. The van der Waals surface area contributed by atoms with Crippen LogP contribution in [0.25, 0.3) is 0 Å². The third kappa shape index (κ3) is 11.4. The summed E-state index contributed by atoms with van der Waals surface area (Å²) >= 11 is 0. The zero-order valence-corrected chi connectivity index (χ0v) is 23.7. The zero-order chi connectivity index (χ0) is 25.2. The lowest BCUT2D eigenvalue weighted by atomic mass is 9.69. The molecule has 0 aliphatic rings. The maximum absolute atomic E-state index is 2.85. The summed E-state index contributed by atoms with van der Waals surface area (Å²) in [5.74, 6) is 0. The molecule has 194 valence electrons. The van der Waals surface area contributed by atoms with Crippen LogP contribution in [0.2, 0.25) is 0 Å². The summed E-state index contributed by atoms with van der Waals surface area (Å²) in [6, 6.07) is 33.6. The number of rotatable bonds is 19. The van der Waals surface area contributed by atoms with Crippen molar-refractivity contribution >= 4 is 9.24 Å². The van der Waals surface area contributed by atoms with Crippen molar-refractivity contribution in [2.24, 2.45) is 5.41 Å². The lowest BCUT2D eigenvalue weighted by molar-refractivity contribution is 0.243. The Morgan fingerprint density at radius 1 is 0.389 bits per heavy atom. The second-order valence-electron chi connectivity index (χ2n) is 10.9. The summed E-state index contributed by atoms with van der Waals surface area (Å²) < 4.78 is 0. The molecule has 0 heterocycles. The van der Waals surface area contributed by atoms with Gasteiger partial charge in [-0.25, -0.2) is 0 Å². The van der Waals surface area contributed by atoms with E-state index < -0.39 is 0 Å². The molecule has 0 N–H and O–H groups in total. The average Bonchev–Trinajstić information content (AvgIpc) is 2.91. The first kappa shape index (κ1) is 28.7. The fourth-order valence-electron chi connectivity index (χ4n) is 5.77. The molecule has 3 aromatic carbocycles. The van der Waals surface area contributed by atoms with E-state index in [0.29, 0.717) is 0 Å². The molecule has 1 unspecified atom stereocenters. The van der Waals surface area contributed by atoms with Gasteiger partial charge >= 0.3 is 0 Å². The standard InChI is InChI=1S/C35H49P/c36-28-20-9-7-5-3-1-2-4-6-8-19-27-35(29-32-21-13-10-14-22-32,30-33-23-15-11-16-24-33)31-34-25-17-12-18-26-34/h10-18,21-26H,1-9,19-20,27-31,36H2. The molecule has 0 nitrogen and oxygen atoms in total. The van der Waals surface area contributed by atoms with Gasteiger partial charge in [0.05, 0.1) is 0 Å². The monoisotopic (exact) mass is 500 g/mol. The number of benzene rings is 3. The third-order valence-corrected chi connectivity index (χ3v) is 8.09. The van der Waals surface area contributed by atoms with Crippen LogP contribution in [0.1, 0.15) is 93.7 Å². The van der Waals surface area contributed by atoms with Gasteiger partial charge in [-0.05, 0) is 60.4 Å². The van der Waals surface area contributed by atoms with Gasteiger partial charge in [0.2, 0.25) is 0 Å². The van der Waals surface area contributed by atoms with Crippen molar-refractivity contribution in [3.05, 3.63) is 108 Å². The van der Waals surface area contributed by atoms with Crippen LogP contribution in [-0.2, 0) is 19.3 Å². The molecule has 0 amide bonds. The van der Waals surface area contributed by atoms with Gasteiger partial charge in [0, 0.05) is 0 Å². The average molecular weight is 501 g/mol. The van der Waals surface area contributed by atoms with Crippen LogP contribution in [0.3, 0.4) is 0 Å². The molecular weight excluding hydrogens is 451 g/mol. The van der Waals surface area contributed by atoms with E-state index in [1.54, 1.807) is 0 Å². The topological polar surface area (TPSA) is 0 Å². The highest BCUT2D eigenvalue weighted by molar-refractivity contribution is 7.16. The molecule has 0 aliphatic heterocycles. The molecule has 0 aromatic heterocycles. The molecule has 36 heavy (non-hydrogen) atoms. The van der Waals surface area contributed by atoms with Crippen LogP contribution in [0.4, 0.5) is 0 Å². The summed E-state index contributed by atoms with van der Waals surface area (Å²) in [7, 11) is 2.85. The predicted molar refractivity (Wildman–Crippen MR) is 163 cm³/mol. The first-order valence-corrected chi connectivity index (χ1v) is 15.4. The highest BCUT2D eigenvalue weighted by Gasteiger charge is 2.30. The number of hydrogen-bond acceptors (Lipinski definition) is 0. The molecule has 0 aliphatic carbocycles. The van der Waals surface area contributed by atoms with Gasteiger partial charge in [0.25, 0.3) is 0 Å². The van der Waals surface area contributed by atoms with Gasteiger partial charge < -0.3 is 0 Å². The van der Waals surface area contributed by atoms with E-state index in [9.17, 15) is 0 Å². The van der Waals surface area contributed by atoms with Crippen molar-refractivity contribution in [1.82, 2.24) is 0 Å². The Hall–Kier alpha value is -1.91. The first-order valence-electron chi connectivity index (χ1n) is 14.6. The third-order valence-electron chi connectivity index (χ3n) is 7.68. The van der Waals surface area contributed by atoms with E-state index in [0.717, 1.165) is 19.3 Å². The van der Waals surface area contributed by atoms with Gasteiger partial charge in [-0.1, -0.05) is 155 Å². The predicted octanol–water partition coefficient (Wildman–Crippen LogP) is 10.3. The Morgan fingerprint density at radius 3 is 1.03 bits per heavy atom. The van der Waals surface area contributed by atoms with Crippen molar-refractivity contribution in [1.29, 1.82) is 0 Å². The molecule has 0 bridgehead atoms. The zero-order valence-electron chi connectivity index (χ0n) is 22.6. The second-order valence-corrected chi connectivity index (χ2v) is 11.5. The summed E-state index contributed by atoms with van der Waals surface area (Å²) in [6.07, 6.45) is 21.5. The van der Waals surface area contributed by atoms with E-state index in [2.05, 4.69) is 100 Å². The summed E-state index contributed by atoms with van der Waals surface area (Å²) in [5, 5.41) is 0. The maximum atomic E-state index is 2.85. The van der Waals surface area contributed by atoms with Gasteiger partial charge in [0.15, 0.2) is 0 Å². The summed E-state index contributed by atoms with van der Waals surface area (Å²) in [4.78, 5) is 0. The molecular formula is C35H49P. The Morgan fingerprint density at radius 2 is 0.694 bits per heavy atom. The van der Waals surface area contributed by atoms with E-state index in [1.807, 2.05) is 0 Å². The SMILES string of the molecule is PCCCCCCCCCCCCCC(Cc1ccccc1)(Cc1ccccc1)Cc1ccccc1. The smallest absolute Gasteiger partial charge is 0.0176 e. The van der Waals surface area contributed by atoms with Crippen LogP contribution >= 0.6 is 9.24 Å². The van der Waals surface area contributed by atoms with Crippen molar-refractivity contribution in [3.8, 4) is 0 Å². The normalized spacial score (nSPS) is 11.6. The minimum Gasteiger partial charge on any atom is -0.138 e. The molecule has 0 radical (unpaired) electrons. The van der Waals surface area contributed by atoms with Gasteiger partial charge in [0.1, 0.15) is 0 Å². The maximum Gasteiger partial charge on any atom is -0.0176 e. The molecule has 1 atom stereocenters. The molecule has 0 fully saturated rings. The number of hydrogen-bond donors (Lipinski definition) is 0. The molecule has 0 saturated carbocycles. The lowest BCUT2D eigenvalue weighted by Gasteiger charge is -2.35. The molecule has 3 rings (SSSR count). The van der Waals surface area contributed by atoms with Crippen molar-refractivity contribution in [3.63, 3.8) is 0 Å². The molecule has 3 aromatic rings. The minimum absolute atomic E-state index is 0.251. The van der Waals surface area contributed by atoms with Gasteiger partial charge in [-0.2, -0.15) is 0 Å². The Labute approximate surface area is 224 Å². The second kappa shape index (κ2) is 17.5. The van der Waals surface area contributed by atoms with Gasteiger partial charge in [-0.15, -0.1) is 9.24 Å². The van der Waals surface area contributed by atoms with Crippen molar-refractivity contribution in [2.75, 3.05) is 6.16 Å². The van der Waals surface area contributed by atoms with Crippen LogP contribution < -0.4 is 0 Å². The summed E-state index contributed by atoms with van der Waals surface area (Å²) in [6.45, 7) is 0. The Balaban J connectivity index is 1.56. The molecule has 0 spiro atoms. The van der Waals surface area contributed by atoms with Crippen molar-refractivity contribution < 1.29 is 0 Å². The van der Waals surface area contributed by atoms with E-state index in [4.69, 9.17) is 0 Å². The van der Waals surface area contributed by atoms with E-state index >= 15 is 0 Å². The highest BCUT2D eigenvalue weighted by atomic mass is 31.0. The van der Waals surface area contributed by atoms with Crippen LogP contribution in [0.5, 0.6) is 0 Å². The Bertz CT molecular complexity index is 802. The minimum atomic E-state index is 0.251. The van der Waals surface area contributed by atoms with Crippen LogP contribution in [0, 0.1) is 5.41 Å². The van der Waals surface area contributed by atoms with Crippen molar-refractivity contribution in [2.45, 2.75) is 96.3 Å². The quantitative estimate of drug-likeness (QED) is 0.113. The first-order chi connectivity index (χ1) is 17.8. The van der Waals surface area contributed by atoms with E-state index in [1.165, 1.54) is 99.9 Å². The van der Waals surface area contributed by atoms with Gasteiger partial charge in [-0.3, -0.25) is 0 Å². The molecule has 1 heteroatoms.